The van der Waals surface area contributed by atoms with E-state index in [1.165, 1.54) is 14.8 Å². The molecule has 1 aliphatic rings. The Labute approximate surface area is 117 Å². The number of ether oxygens (including phenoxy) is 1. The summed E-state index contributed by atoms with van der Waals surface area (Å²) in [4.78, 5) is 0. The van der Waals surface area contributed by atoms with Crippen molar-refractivity contribution in [3.8, 4) is 0 Å². The minimum absolute atomic E-state index is 0.361. The van der Waals surface area contributed by atoms with Crippen LogP contribution in [-0.2, 0) is 4.74 Å². The van der Waals surface area contributed by atoms with Crippen molar-refractivity contribution in [3.05, 3.63) is 27.3 Å². The Morgan fingerprint density at radius 2 is 1.88 bits per heavy atom. The Hall–Kier alpha value is -0.290. The quantitative estimate of drug-likeness (QED) is 0.819. The van der Waals surface area contributed by atoms with Crippen LogP contribution in [-0.4, -0.2) is 18.2 Å². The van der Waals surface area contributed by atoms with Gasteiger partial charge in [-0.25, -0.2) is 0 Å². The van der Waals surface area contributed by atoms with E-state index in [1.807, 2.05) is 0 Å². The van der Waals surface area contributed by atoms with Crippen molar-refractivity contribution in [2.24, 2.45) is 0 Å². The zero-order valence-corrected chi connectivity index (χ0v) is 12.8. The van der Waals surface area contributed by atoms with Crippen molar-refractivity contribution in [2.75, 3.05) is 5.32 Å². The number of anilines is 1. The van der Waals surface area contributed by atoms with Gasteiger partial charge in [0.25, 0.3) is 0 Å². The topological polar surface area (TPSA) is 21.3 Å². The first-order valence-electron chi connectivity index (χ1n) is 6.23. The highest BCUT2D eigenvalue weighted by Crippen LogP contribution is 2.26. The Bertz CT molecular complexity index is 384. The Morgan fingerprint density at radius 1 is 1.24 bits per heavy atom. The van der Waals surface area contributed by atoms with Crippen molar-refractivity contribution in [1.82, 2.24) is 0 Å². The van der Waals surface area contributed by atoms with Crippen molar-refractivity contribution >= 4 is 28.3 Å². The zero-order chi connectivity index (χ0) is 12.4. The zero-order valence-electron chi connectivity index (χ0n) is 10.7. The van der Waals surface area contributed by atoms with Gasteiger partial charge in [-0.05, 0) is 73.9 Å². The second-order valence-corrected chi connectivity index (χ2v) is 6.14. The van der Waals surface area contributed by atoms with Gasteiger partial charge in [-0.15, -0.1) is 0 Å². The van der Waals surface area contributed by atoms with E-state index in [4.69, 9.17) is 4.74 Å². The lowest BCUT2D eigenvalue weighted by atomic mass is 9.99. The SMILES string of the molecule is Cc1c(I)cccc1NC1CC(C)OC(C)C1. The van der Waals surface area contributed by atoms with E-state index in [-0.39, 0.29) is 0 Å². The van der Waals surface area contributed by atoms with Crippen LogP contribution in [0.3, 0.4) is 0 Å². The normalized spacial score (nSPS) is 29.1. The number of hydrogen-bond acceptors (Lipinski definition) is 2. The molecule has 17 heavy (non-hydrogen) atoms. The minimum atomic E-state index is 0.361. The van der Waals surface area contributed by atoms with Gasteiger partial charge in [0.1, 0.15) is 0 Å². The first kappa shape index (κ1) is 13.1. The lowest BCUT2D eigenvalue weighted by Crippen LogP contribution is -2.37. The van der Waals surface area contributed by atoms with Crippen LogP contribution in [0.5, 0.6) is 0 Å². The van der Waals surface area contributed by atoms with E-state index >= 15 is 0 Å². The molecule has 3 heteroatoms. The molecular weight excluding hydrogens is 325 g/mol. The van der Waals surface area contributed by atoms with Gasteiger partial charge in [-0.1, -0.05) is 6.07 Å². The van der Waals surface area contributed by atoms with Gasteiger partial charge in [-0.2, -0.15) is 0 Å². The molecule has 2 unspecified atom stereocenters. The summed E-state index contributed by atoms with van der Waals surface area (Å²) in [5, 5.41) is 3.67. The van der Waals surface area contributed by atoms with Crippen LogP contribution >= 0.6 is 22.6 Å². The summed E-state index contributed by atoms with van der Waals surface area (Å²) >= 11 is 2.39. The van der Waals surface area contributed by atoms with Crippen molar-refractivity contribution in [3.63, 3.8) is 0 Å². The summed E-state index contributed by atoms with van der Waals surface area (Å²) in [6, 6.07) is 6.97. The second kappa shape index (κ2) is 5.57. The van der Waals surface area contributed by atoms with Crippen molar-refractivity contribution in [2.45, 2.75) is 51.9 Å². The average Bonchev–Trinajstić information content (AvgIpc) is 2.23. The summed E-state index contributed by atoms with van der Waals surface area (Å²) in [5.74, 6) is 0. The highest BCUT2D eigenvalue weighted by atomic mass is 127. The monoisotopic (exact) mass is 345 g/mol. The average molecular weight is 345 g/mol. The predicted octanol–water partition coefficient (Wildman–Crippen LogP) is 3.97. The molecule has 0 aliphatic carbocycles. The number of rotatable bonds is 2. The Kier molecular flexibility index (Phi) is 4.31. The molecule has 1 aromatic rings. The van der Waals surface area contributed by atoms with Gasteiger partial charge in [-0.3, -0.25) is 0 Å². The fourth-order valence-corrected chi connectivity index (χ4v) is 3.01. The molecule has 0 spiro atoms. The molecule has 2 nitrogen and oxygen atoms in total. The molecule has 94 valence electrons. The fourth-order valence-electron chi connectivity index (χ4n) is 2.51. The maximum absolute atomic E-state index is 5.77. The summed E-state index contributed by atoms with van der Waals surface area (Å²) in [6.07, 6.45) is 2.91. The van der Waals surface area contributed by atoms with E-state index < -0.39 is 0 Å². The van der Waals surface area contributed by atoms with E-state index in [0.29, 0.717) is 18.2 Å². The van der Waals surface area contributed by atoms with Gasteiger partial charge in [0, 0.05) is 15.3 Å². The smallest absolute Gasteiger partial charge is 0.0570 e. The molecule has 0 saturated carbocycles. The van der Waals surface area contributed by atoms with Gasteiger partial charge in [0.05, 0.1) is 12.2 Å². The molecule has 2 rings (SSSR count). The van der Waals surface area contributed by atoms with Crippen LogP contribution in [0.25, 0.3) is 0 Å². The van der Waals surface area contributed by atoms with E-state index in [0.717, 1.165) is 12.8 Å². The molecule has 2 atom stereocenters. The molecule has 1 aliphatic heterocycles. The molecule has 0 radical (unpaired) electrons. The van der Waals surface area contributed by atoms with Crippen molar-refractivity contribution < 1.29 is 4.74 Å². The summed E-state index contributed by atoms with van der Waals surface area (Å²) < 4.78 is 7.09. The molecule has 1 N–H and O–H groups in total. The lowest BCUT2D eigenvalue weighted by molar-refractivity contribution is -0.0337. The van der Waals surface area contributed by atoms with Gasteiger partial charge in [0.2, 0.25) is 0 Å². The Morgan fingerprint density at radius 3 is 2.53 bits per heavy atom. The van der Waals surface area contributed by atoms with Gasteiger partial charge in [0.15, 0.2) is 0 Å². The molecule has 0 aromatic heterocycles. The third-order valence-corrected chi connectivity index (χ3v) is 4.49. The predicted molar refractivity (Wildman–Crippen MR) is 80.5 cm³/mol. The standard InChI is InChI=1S/C14H20INO/c1-9-7-12(8-10(2)17-9)16-14-6-4-5-13(15)11(14)3/h4-6,9-10,12,16H,7-8H2,1-3H3. The van der Waals surface area contributed by atoms with Gasteiger partial charge >= 0.3 is 0 Å². The van der Waals surface area contributed by atoms with Crippen LogP contribution in [0.1, 0.15) is 32.3 Å². The highest BCUT2D eigenvalue weighted by Gasteiger charge is 2.24. The number of halogens is 1. The maximum Gasteiger partial charge on any atom is 0.0570 e. The van der Waals surface area contributed by atoms with Crippen LogP contribution < -0.4 is 5.32 Å². The number of nitrogens with one attached hydrogen (secondary N) is 1. The van der Waals surface area contributed by atoms with Crippen LogP contribution in [0.4, 0.5) is 5.69 Å². The third-order valence-electron chi connectivity index (χ3n) is 3.32. The fraction of sp³-hybridized carbons (Fsp3) is 0.571. The summed E-state index contributed by atoms with van der Waals surface area (Å²) in [5.41, 5.74) is 2.61. The van der Waals surface area contributed by atoms with E-state index in [9.17, 15) is 0 Å². The molecule has 1 heterocycles. The molecule has 1 aromatic carbocycles. The largest absolute Gasteiger partial charge is 0.382 e. The lowest BCUT2D eigenvalue weighted by Gasteiger charge is -2.33. The molecule has 1 saturated heterocycles. The van der Waals surface area contributed by atoms with E-state index in [1.54, 1.807) is 0 Å². The highest BCUT2D eigenvalue weighted by molar-refractivity contribution is 14.1. The third kappa shape index (κ3) is 3.35. The number of benzene rings is 1. The Balaban J connectivity index is 2.07. The van der Waals surface area contributed by atoms with E-state index in [2.05, 4.69) is 66.9 Å². The maximum atomic E-state index is 5.77. The van der Waals surface area contributed by atoms with Gasteiger partial charge < -0.3 is 10.1 Å². The van der Waals surface area contributed by atoms with Crippen LogP contribution in [0.15, 0.2) is 18.2 Å². The second-order valence-electron chi connectivity index (χ2n) is 4.98. The van der Waals surface area contributed by atoms with Crippen LogP contribution in [0, 0.1) is 10.5 Å². The first-order chi connectivity index (χ1) is 8.06. The van der Waals surface area contributed by atoms with Crippen molar-refractivity contribution in [1.29, 1.82) is 0 Å². The number of hydrogen-bond donors (Lipinski definition) is 1. The summed E-state index contributed by atoms with van der Waals surface area (Å²) in [7, 11) is 0. The molecular formula is C14H20INO. The van der Waals surface area contributed by atoms with Crippen LogP contribution in [0.2, 0.25) is 0 Å². The first-order valence-corrected chi connectivity index (χ1v) is 7.31. The molecule has 0 amide bonds. The molecule has 1 fully saturated rings. The molecule has 0 bridgehead atoms. The summed E-state index contributed by atoms with van der Waals surface area (Å²) in [6.45, 7) is 6.49. The minimum Gasteiger partial charge on any atom is -0.382 e.